The summed E-state index contributed by atoms with van der Waals surface area (Å²) in [6, 6.07) is 2.42. The topological polar surface area (TPSA) is 36.2 Å². The van der Waals surface area contributed by atoms with Gasteiger partial charge in [0.25, 0.3) is 0 Å². The quantitative estimate of drug-likeness (QED) is 0.561. The van der Waals surface area contributed by atoms with Gasteiger partial charge in [-0.25, -0.2) is 10.4 Å². The van der Waals surface area contributed by atoms with Crippen LogP contribution < -0.4 is 0 Å². The van der Waals surface area contributed by atoms with Gasteiger partial charge in [-0.2, -0.15) is 0 Å². The standard InChI is InChI=1S/C7H14N2/c1-3-5-7(4-2)9-6-8/h7-8H,3-5H2,1-2H3. The van der Waals surface area contributed by atoms with Crippen molar-refractivity contribution in [1.82, 2.24) is 0 Å². The zero-order valence-corrected chi connectivity index (χ0v) is 6.15. The Hall–Kier alpha value is -0.620. The second-order valence-electron chi connectivity index (χ2n) is 2.09. The molecule has 0 aliphatic carbocycles. The van der Waals surface area contributed by atoms with Crippen LogP contribution in [-0.4, -0.2) is 12.1 Å². The Morgan fingerprint density at radius 3 is 2.56 bits per heavy atom. The number of hydrogen-bond donors (Lipinski definition) is 1. The number of hydrogen-bond acceptors (Lipinski definition) is 2. The summed E-state index contributed by atoms with van der Waals surface area (Å²) >= 11 is 0. The molecule has 0 aromatic heterocycles. The van der Waals surface area contributed by atoms with Gasteiger partial charge in [-0.05, 0) is 12.8 Å². The molecule has 0 amide bonds. The van der Waals surface area contributed by atoms with Crippen LogP contribution in [0.3, 0.4) is 0 Å². The summed E-state index contributed by atoms with van der Waals surface area (Å²) in [5, 5.41) is 6.60. The summed E-state index contributed by atoms with van der Waals surface area (Å²) in [5.74, 6) is 0. The number of nitrogens with one attached hydrogen (secondary N) is 1. The van der Waals surface area contributed by atoms with Gasteiger partial charge < -0.3 is 0 Å². The molecular weight excluding hydrogens is 112 g/mol. The Morgan fingerprint density at radius 2 is 2.22 bits per heavy atom. The molecule has 0 spiro atoms. The molecule has 1 atom stereocenters. The van der Waals surface area contributed by atoms with Gasteiger partial charge >= 0.3 is 0 Å². The molecule has 9 heavy (non-hydrogen) atoms. The average molecular weight is 126 g/mol. The Labute approximate surface area is 56.5 Å². The van der Waals surface area contributed by atoms with Crippen molar-refractivity contribution >= 4 is 6.01 Å². The van der Waals surface area contributed by atoms with Gasteiger partial charge in [0, 0.05) is 0 Å². The number of nitrogens with zero attached hydrogens (tertiary/aromatic N) is 1. The third kappa shape index (κ3) is 3.92. The summed E-state index contributed by atoms with van der Waals surface area (Å²) in [7, 11) is 0. The van der Waals surface area contributed by atoms with E-state index < -0.39 is 0 Å². The van der Waals surface area contributed by atoms with Crippen molar-refractivity contribution < 1.29 is 0 Å². The van der Waals surface area contributed by atoms with Crippen molar-refractivity contribution in [3.63, 3.8) is 0 Å². The van der Waals surface area contributed by atoms with Crippen molar-refractivity contribution in [2.45, 2.75) is 39.2 Å². The lowest BCUT2D eigenvalue weighted by Crippen LogP contribution is -1.99. The van der Waals surface area contributed by atoms with Crippen LogP contribution in [-0.2, 0) is 0 Å². The molecule has 1 N–H and O–H groups in total. The van der Waals surface area contributed by atoms with Crippen molar-refractivity contribution in [2.24, 2.45) is 4.99 Å². The van der Waals surface area contributed by atoms with Crippen molar-refractivity contribution in [1.29, 1.82) is 5.41 Å². The van der Waals surface area contributed by atoms with Crippen LogP contribution in [0.4, 0.5) is 0 Å². The molecular formula is C7H14N2. The van der Waals surface area contributed by atoms with Gasteiger partial charge in [0.15, 0.2) is 0 Å². The number of rotatable bonds is 4. The molecule has 0 radical (unpaired) electrons. The monoisotopic (exact) mass is 126 g/mol. The summed E-state index contributed by atoms with van der Waals surface area (Å²) in [6.07, 6.45) is 3.26. The molecule has 0 bridgehead atoms. The molecule has 0 aromatic carbocycles. The SMILES string of the molecule is CCCC(CC)N=C=N. The first-order valence-corrected chi connectivity index (χ1v) is 3.46. The van der Waals surface area contributed by atoms with Crippen LogP contribution in [0.25, 0.3) is 0 Å². The molecule has 0 aliphatic heterocycles. The highest BCUT2D eigenvalue weighted by atomic mass is 14.8. The van der Waals surface area contributed by atoms with Crippen molar-refractivity contribution in [2.75, 3.05) is 0 Å². The van der Waals surface area contributed by atoms with E-state index >= 15 is 0 Å². The van der Waals surface area contributed by atoms with Crippen molar-refractivity contribution in [3.05, 3.63) is 0 Å². The smallest absolute Gasteiger partial charge is 0.0864 e. The first kappa shape index (κ1) is 8.38. The predicted octanol–water partition coefficient (Wildman–Crippen LogP) is 2.32. The third-order valence-corrected chi connectivity index (χ3v) is 1.34. The first-order chi connectivity index (χ1) is 4.35. The second-order valence-corrected chi connectivity index (χ2v) is 2.09. The van der Waals surface area contributed by atoms with Crippen LogP contribution in [0.1, 0.15) is 33.1 Å². The zero-order valence-electron chi connectivity index (χ0n) is 6.15. The molecule has 0 rings (SSSR count). The highest BCUT2D eigenvalue weighted by Crippen LogP contribution is 2.03. The molecule has 0 saturated heterocycles. The maximum atomic E-state index is 6.60. The van der Waals surface area contributed by atoms with E-state index in [-0.39, 0.29) is 0 Å². The summed E-state index contributed by atoms with van der Waals surface area (Å²) in [4.78, 5) is 3.85. The van der Waals surface area contributed by atoms with E-state index in [0.717, 1.165) is 19.3 Å². The highest BCUT2D eigenvalue weighted by molar-refractivity contribution is 5.36. The molecule has 0 saturated carbocycles. The Bertz CT molecular complexity index is 103. The van der Waals surface area contributed by atoms with E-state index in [1.807, 2.05) is 0 Å². The molecule has 0 heterocycles. The molecule has 0 aliphatic rings. The molecule has 2 heteroatoms. The summed E-state index contributed by atoms with van der Waals surface area (Å²) in [6.45, 7) is 4.21. The second kappa shape index (κ2) is 5.52. The molecule has 2 nitrogen and oxygen atoms in total. The molecule has 0 aromatic rings. The van der Waals surface area contributed by atoms with E-state index in [4.69, 9.17) is 5.41 Å². The maximum Gasteiger partial charge on any atom is 0.0864 e. The van der Waals surface area contributed by atoms with Gasteiger partial charge in [-0.3, -0.25) is 0 Å². The van der Waals surface area contributed by atoms with E-state index in [2.05, 4.69) is 24.8 Å². The zero-order chi connectivity index (χ0) is 7.11. The van der Waals surface area contributed by atoms with Gasteiger partial charge in [-0.1, -0.05) is 20.3 Å². The lowest BCUT2D eigenvalue weighted by Gasteiger charge is -2.03. The van der Waals surface area contributed by atoms with Gasteiger partial charge in [-0.15, -0.1) is 0 Å². The minimum Gasteiger partial charge on any atom is -0.242 e. The van der Waals surface area contributed by atoms with Crippen LogP contribution in [0.5, 0.6) is 0 Å². The Morgan fingerprint density at radius 1 is 1.56 bits per heavy atom. The maximum absolute atomic E-state index is 6.60. The highest BCUT2D eigenvalue weighted by Gasteiger charge is 1.98. The minimum atomic E-state index is 0.340. The fourth-order valence-electron chi connectivity index (χ4n) is 0.784. The van der Waals surface area contributed by atoms with E-state index in [9.17, 15) is 0 Å². The Balaban J connectivity index is 3.53. The normalized spacial score (nSPS) is 12.2. The minimum absolute atomic E-state index is 0.340. The molecule has 0 fully saturated rings. The molecule has 1 unspecified atom stereocenters. The van der Waals surface area contributed by atoms with Crippen LogP contribution in [0.15, 0.2) is 4.99 Å². The van der Waals surface area contributed by atoms with Crippen LogP contribution >= 0.6 is 0 Å². The average Bonchev–Trinajstić information content (AvgIpc) is 1.88. The van der Waals surface area contributed by atoms with E-state index in [1.54, 1.807) is 0 Å². The van der Waals surface area contributed by atoms with Gasteiger partial charge in [0.05, 0.1) is 12.1 Å². The first-order valence-electron chi connectivity index (χ1n) is 3.46. The molecule has 52 valence electrons. The van der Waals surface area contributed by atoms with Crippen LogP contribution in [0.2, 0.25) is 0 Å². The fourth-order valence-corrected chi connectivity index (χ4v) is 0.784. The van der Waals surface area contributed by atoms with Crippen molar-refractivity contribution in [3.8, 4) is 0 Å². The third-order valence-electron chi connectivity index (χ3n) is 1.34. The van der Waals surface area contributed by atoms with Crippen LogP contribution in [0, 0.1) is 5.41 Å². The summed E-state index contributed by atoms with van der Waals surface area (Å²) in [5.41, 5.74) is 0. The predicted molar refractivity (Wildman–Crippen MR) is 39.1 cm³/mol. The fraction of sp³-hybridized carbons (Fsp3) is 0.857. The number of aliphatic imine (C=N–C) groups is 1. The van der Waals surface area contributed by atoms with Gasteiger partial charge in [0.1, 0.15) is 0 Å². The largest absolute Gasteiger partial charge is 0.242 e. The van der Waals surface area contributed by atoms with E-state index in [1.165, 1.54) is 0 Å². The lowest BCUT2D eigenvalue weighted by molar-refractivity contribution is 0.591. The van der Waals surface area contributed by atoms with Gasteiger partial charge in [0.2, 0.25) is 0 Å². The summed E-state index contributed by atoms with van der Waals surface area (Å²) < 4.78 is 0. The van der Waals surface area contributed by atoms with E-state index in [0.29, 0.717) is 6.04 Å². The lowest BCUT2D eigenvalue weighted by atomic mass is 10.1. The Kier molecular flexibility index (Phi) is 5.14.